The summed E-state index contributed by atoms with van der Waals surface area (Å²) in [6, 6.07) is 5.44. The fourth-order valence-corrected chi connectivity index (χ4v) is 2.77. The highest BCUT2D eigenvalue weighted by Gasteiger charge is 2.36. The summed E-state index contributed by atoms with van der Waals surface area (Å²) in [5.74, 6) is 4.87. The van der Waals surface area contributed by atoms with E-state index < -0.39 is 34.9 Å². The average molecular weight is 511 g/mol. The monoisotopic (exact) mass is 510 g/mol. The van der Waals surface area contributed by atoms with Gasteiger partial charge in [-0.25, -0.2) is 19.0 Å². The zero-order valence-corrected chi connectivity index (χ0v) is 16.4. The van der Waals surface area contributed by atoms with E-state index in [1.54, 1.807) is 0 Å². The lowest BCUT2D eigenvalue weighted by Crippen LogP contribution is -2.45. The molecule has 2 aromatic heterocycles. The van der Waals surface area contributed by atoms with Crippen LogP contribution in [0.1, 0.15) is 11.3 Å². The van der Waals surface area contributed by atoms with E-state index >= 15 is 0 Å². The zero-order chi connectivity index (χ0) is 23.1. The Balaban J connectivity index is 2.03. The van der Waals surface area contributed by atoms with Gasteiger partial charge in [0.2, 0.25) is 5.88 Å². The Bertz CT molecular complexity index is 1250. The van der Waals surface area contributed by atoms with Crippen molar-refractivity contribution in [3.8, 4) is 17.3 Å². The molecule has 1 aromatic carbocycles. The number of rotatable bonds is 3. The van der Waals surface area contributed by atoms with Gasteiger partial charge < -0.3 is 10.6 Å². The highest BCUT2D eigenvalue weighted by atomic mass is 79.9. The molecule has 0 amide bonds. The fraction of sp³-hybridized carbons (Fsp3) is 0.118. The zero-order valence-electron chi connectivity index (χ0n) is 14.8. The number of pyridine rings is 1. The lowest BCUT2D eigenvalue weighted by molar-refractivity contribution is -0.143. The highest BCUT2D eigenvalue weighted by Crippen LogP contribution is 2.33. The summed E-state index contributed by atoms with van der Waals surface area (Å²) in [4.78, 5) is 28.0. The molecule has 0 saturated carbocycles. The molecule has 0 unspecified atom stereocenters. The minimum atomic E-state index is -5.03. The normalized spacial score (nSPS) is 12.1. The van der Waals surface area contributed by atoms with Crippen LogP contribution in [0, 0.1) is 0 Å². The molecule has 7 nitrogen and oxygen atoms in total. The Hall–Kier alpha value is -3.29. The number of ether oxygens (including phenoxy) is 1. The minimum Gasteiger partial charge on any atom is -0.438 e. The molecule has 31 heavy (non-hydrogen) atoms. The molecule has 3 rings (SSSR count). The molecule has 0 spiro atoms. The topological polar surface area (TPSA) is 92.1 Å². The third-order valence-corrected chi connectivity index (χ3v) is 4.53. The average Bonchev–Trinajstić information content (AvgIpc) is 2.66. The number of aromatic nitrogens is 3. The first-order chi connectivity index (χ1) is 14.3. The van der Waals surface area contributed by atoms with E-state index in [1.165, 1.54) is 12.1 Å². The molecule has 0 aliphatic carbocycles. The Morgan fingerprint density at radius 1 is 0.968 bits per heavy atom. The minimum absolute atomic E-state index is 0.0838. The van der Waals surface area contributed by atoms with Gasteiger partial charge in [0.1, 0.15) is 5.75 Å². The second kappa shape index (κ2) is 7.76. The van der Waals surface area contributed by atoms with E-state index in [9.17, 15) is 35.9 Å². The molecule has 3 aromatic rings. The lowest BCUT2D eigenvalue weighted by atomic mass is 10.2. The van der Waals surface area contributed by atoms with Crippen LogP contribution in [0.5, 0.6) is 11.6 Å². The van der Waals surface area contributed by atoms with Gasteiger partial charge in [-0.2, -0.15) is 26.3 Å². The van der Waals surface area contributed by atoms with Crippen molar-refractivity contribution in [3.05, 3.63) is 79.2 Å². The number of hydrogen-bond donors (Lipinski definition) is 1. The molecule has 0 bridgehead atoms. The Morgan fingerprint density at radius 3 is 2.19 bits per heavy atom. The highest BCUT2D eigenvalue weighted by molar-refractivity contribution is 9.10. The van der Waals surface area contributed by atoms with E-state index in [2.05, 4.69) is 20.9 Å². The van der Waals surface area contributed by atoms with Gasteiger partial charge in [0.05, 0.1) is 15.7 Å². The Labute approximate surface area is 176 Å². The van der Waals surface area contributed by atoms with Crippen LogP contribution in [0.2, 0.25) is 0 Å². The largest absolute Gasteiger partial charge is 0.438 e. The fourth-order valence-electron chi connectivity index (χ4n) is 2.44. The van der Waals surface area contributed by atoms with Crippen LogP contribution in [0.25, 0.3) is 5.69 Å². The molecule has 2 N–H and O–H groups in total. The molecule has 2 heterocycles. The third kappa shape index (κ3) is 4.57. The van der Waals surface area contributed by atoms with Crippen LogP contribution in [0.3, 0.4) is 0 Å². The molecule has 14 heteroatoms. The number of alkyl halides is 6. The van der Waals surface area contributed by atoms with Gasteiger partial charge in [-0.1, -0.05) is 0 Å². The smallest absolute Gasteiger partial charge is 0.433 e. The SMILES string of the molecule is Nn1c(C(F)(F)F)cc(=O)n(-c2ccc(Br)c(Oc3ccc(C(F)(F)F)cn3)c2)c1=O. The molecular formula is C17H9BrF6N4O3. The van der Waals surface area contributed by atoms with E-state index in [1.807, 2.05) is 0 Å². The summed E-state index contributed by atoms with van der Waals surface area (Å²) in [6.07, 6.45) is -9.09. The Kier molecular flexibility index (Phi) is 5.60. The van der Waals surface area contributed by atoms with Gasteiger partial charge in [-0.05, 0) is 34.1 Å². The number of hydrogen-bond acceptors (Lipinski definition) is 5. The summed E-state index contributed by atoms with van der Waals surface area (Å²) < 4.78 is 82.4. The molecule has 0 radical (unpaired) electrons. The summed E-state index contributed by atoms with van der Waals surface area (Å²) in [6.45, 7) is 0. The molecular weight excluding hydrogens is 502 g/mol. The number of nitrogens with zero attached hydrogens (tertiary/aromatic N) is 3. The standard InChI is InChI=1S/C17H9BrF6N4O3/c18-10-3-2-9(27-14(29)6-12(17(22,23)24)28(25)15(27)30)5-11(10)31-13-4-1-8(7-26-13)16(19,20)21/h1-7H,25H2. The summed E-state index contributed by atoms with van der Waals surface area (Å²) in [7, 11) is 0. The second-order valence-electron chi connectivity index (χ2n) is 5.95. The van der Waals surface area contributed by atoms with Crippen LogP contribution in [0.4, 0.5) is 26.3 Å². The van der Waals surface area contributed by atoms with Crippen molar-refractivity contribution in [2.75, 3.05) is 5.84 Å². The summed E-state index contributed by atoms with van der Waals surface area (Å²) >= 11 is 3.12. The molecule has 0 aliphatic rings. The van der Waals surface area contributed by atoms with E-state index in [4.69, 9.17) is 10.6 Å². The van der Waals surface area contributed by atoms with Crippen molar-refractivity contribution >= 4 is 15.9 Å². The van der Waals surface area contributed by atoms with Gasteiger partial charge in [0, 0.05) is 24.4 Å². The van der Waals surface area contributed by atoms with Crippen molar-refractivity contribution < 1.29 is 31.1 Å². The molecule has 0 atom stereocenters. The van der Waals surface area contributed by atoms with Crippen molar-refractivity contribution in [1.29, 1.82) is 0 Å². The number of nitrogens with two attached hydrogens (primary N) is 1. The summed E-state index contributed by atoms with van der Waals surface area (Å²) in [5.41, 5.74) is -5.62. The molecule has 0 saturated heterocycles. The maximum atomic E-state index is 12.9. The number of nitrogen functional groups attached to an aromatic ring is 1. The van der Waals surface area contributed by atoms with Crippen molar-refractivity contribution in [1.82, 2.24) is 14.2 Å². The predicted octanol–water partition coefficient (Wildman–Crippen LogP) is 3.70. The van der Waals surface area contributed by atoms with Gasteiger partial charge >= 0.3 is 18.0 Å². The first-order valence-electron chi connectivity index (χ1n) is 8.01. The van der Waals surface area contributed by atoms with Gasteiger partial charge in [-0.15, -0.1) is 0 Å². The quantitative estimate of drug-likeness (QED) is 0.428. The van der Waals surface area contributed by atoms with Crippen molar-refractivity contribution in [3.63, 3.8) is 0 Å². The van der Waals surface area contributed by atoms with E-state index in [-0.39, 0.29) is 32.5 Å². The molecule has 164 valence electrons. The number of benzene rings is 1. The third-order valence-electron chi connectivity index (χ3n) is 3.88. The first-order valence-corrected chi connectivity index (χ1v) is 8.81. The van der Waals surface area contributed by atoms with Crippen LogP contribution < -0.4 is 21.8 Å². The molecule has 0 aliphatic heterocycles. The summed E-state index contributed by atoms with van der Waals surface area (Å²) in [5, 5.41) is 0. The van der Waals surface area contributed by atoms with Crippen molar-refractivity contribution in [2.24, 2.45) is 0 Å². The second-order valence-corrected chi connectivity index (χ2v) is 6.81. The predicted molar refractivity (Wildman–Crippen MR) is 98.5 cm³/mol. The van der Waals surface area contributed by atoms with Crippen molar-refractivity contribution in [2.45, 2.75) is 12.4 Å². The van der Waals surface area contributed by atoms with Crippen LogP contribution in [-0.4, -0.2) is 14.2 Å². The van der Waals surface area contributed by atoms with Crippen LogP contribution >= 0.6 is 15.9 Å². The van der Waals surface area contributed by atoms with Gasteiger partial charge in [-0.3, -0.25) is 4.79 Å². The van der Waals surface area contributed by atoms with Gasteiger partial charge in [0.15, 0.2) is 5.69 Å². The van der Waals surface area contributed by atoms with Crippen LogP contribution in [0.15, 0.2) is 56.7 Å². The van der Waals surface area contributed by atoms with Gasteiger partial charge in [0.25, 0.3) is 5.56 Å². The van der Waals surface area contributed by atoms with Crippen LogP contribution in [-0.2, 0) is 12.4 Å². The maximum Gasteiger partial charge on any atom is 0.433 e. The lowest BCUT2D eigenvalue weighted by Gasteiger charge is -2.14. The first kappa shape index (κ1) is 22.4. The van der Waals surface area contributed by atoms with E-state index in [0.29, 0.717) is 10.8 Å². The Morgan fingerprint density at radius 2 is 1.65 bits per heavy atom. The maximum absolute atomic E-state index is 12.9. The van der Waals surface area contributed by atoms with E-state index in [0.717, 1.165) is 18.2 Å². The molecule has 0 fully saturated rings. The number of halogens is 7.